The summed E-state index contributed by atoms with van der Waals surface area (Å²) in [6, 6.07) is 3.12. The number of benzene rings is 1. The number of likely N-dealkylation sites (tertiary alicyclic amines) is 1. The number of nitrogens with two attached hydrogens (primary N) is 1. The lowest BCUT2D eigenvalue weighted by Gasteiger charge is -2.34. The van der Waals surface area contributed by atoms with Crippen LogP contribution in [-0.2, 0) is 14.4 Å². The largest absolute Gasteiger partial charge is 0.480 e. The van der Waals surface area contributed by atoms with Crippen LogP contribution in [0.3, 0.4) is 0 Å². The molecule has 30 heavy (non-hydrogen) atoms. The lowest BCUT2D eigenvalue weighted by Crippen LogP contribution is -2.56. The zero-order valence-corrected chi connectivity index (χ0v) is 16.6. The van der Waals surface area contributed by atoms with Gasteiger partial charge in [0.15, 0.2) is 0 Å². The van der Waals surface area contributed by atoms with Gasteiger partial charge in [-0.05, 0) is 25.5 Å². The van der Waals surface area contributed by atoms with Gasteiger partial charge in [0.1, 0.15) is 12.1 Å². The molecular weight excluding hydrogens is 396 g/mol. The Labute approximate surface area is 172 Å². The van der Waals surface area contributed by atoms with Crippen LogP contribution >= 0.6 is 0 Å². The molecule has 0 saturated carbocycles. The van der Waals surface area contributed by atoms with Gasteiger partial charge in [0.25, 0.3) is 17.7 Å². The van der Waals surface area contributed by atoms with E-state index in [4.69, 9.17) is 15.9 Å². The molecule has 162 valence electrons. The van der Waals surface area contributed by atoms with Gasteiger partial charge in [0, 0.05) is 19.2 Å². The van der Waals surface area contributed by atoms with Crippen LogP contribution in [0.2, 0.25) is 0 Å². The molecule has 2 aliphatic rings. The molecule has 0 radical (unpaired) electrons. The minimum Gasteiger partial charge on any atom is -0.480 e. The number of nitrogens with one attached hydrogen (secondary N) is 1. The van der Waals surface area contributed by atoms with E-state index in [-0.39, 0.29) is 37.1 Å². The van der Waals surface area contributed by atoms with Gasteiger partial charge in [-0.2, -0.15) is 0 Å². The number of aliphatic carboxylic acids is 1. The van der Waals surface area contributed by atoms with Crippen LogP contribution in [0.5, 0.6) is 0 Å². The first kappa shape index (κ1) is 23.0. The molecule has 5 N–H and O–H groups in total. The summed E-state index contributed by atoms with van der Waals surface area (Å²) in [5.41, 5.74) is 5.83. The van der Waals surface area contributed by atoms with Crippen molar-refractivity contribution in [1.29, 1.82) is 0 Å². The normalized spacial score (nSPS) is 19.3. The van der Waals surface area contributed by atoms with E-state index in [1.54, 1.807) is 25.2 Å². The number of amides is 4. The van der Waals surface area contributed by atoms with Gasteiger partial charge >= 0.3 is 5.97 Å². The molecule has 3 rings (SSSR count). The molecule has 1 aromatic carbocycles. The number of carboxylic acids is 1. The Hall–Kier alpha value is -3.31. The fraction of sp³-hybridized carbons (Fsp3) is 0.421. The zero-order chi connectivity index (χ0) is 22.6. The van der Waals surface area contributed by atoms with E-state index < -0.39 is 41.7 Å². The standard InChI is InChI=1S/C16H17N3O5.C3H7NO2/c1-17-10-4-2-3-9-13(10)16(24)19(14(9)22)11-5-6-12(21)18(7-8-20)15(11)23;1-2(4)3(5)6/h2-4,11,17,20H,5-8H2,1H3;2H,4H2,1H3,(H,5,6)/t;2-/m.0/s1. The average Bonchev–Trinajstić information content (AvgIpc) is 2.96. The molecule has 11 heteroatoms. The lowest BCUT2D eigenvalue weighted by atomic mass is 10.0. The second-order valence-corrected chi connectivity index (χ2v) is 6.75. The molecule has 0 bridgehead atoms. The molecule has 0 aromatic heterocycles. The summed E-state index contributed by atoms with van der Waals surface area (Å²) < 4.78 is 0. The van der Waals surface area contributed by atoms with E-state index in [0.717, 1.165) is 9.80 Å². The third-order valence-corrected chi connectivity index (χ3v) is 4.72. The maximum atomic E-state index is 12.7. The molecule has 4 amide bonds. The van der Waals surface area contributed by atoms with E-state index in [9.17, 15) is 24.0 Å². The number of piperidine rings is 1. The monoisotopic (exact) mass is 420 g/mol. The second kappa shape index (κ2) is 9.46. The Morgan fingerprint density at radius 2 is 1.90 bits per heavy atom. The summed E-state index contributed by atoms with van der Waals surface area (Å²) in [7, 11) is 1.64. The highest BCUT2D eigenvalue weighted by atomic mass is 16.4. The SMILES string of the molecule is CNc1cccc2c1C(=O)N(C1CCC(=O)N(CCO)C1=O)C2=O.C[C@H](N)C(=O)O. The van der Waals surface area contributed by atoms with Gasteiger partial charge in [-0.3, -0.25) is 33.8 Å². The Bertz CT molecular complexity index is 884. The topological polar surface area (TPSA) is 170 Å². The van der Waals surface area contributed by atoms with Crippen molar-refractivity contribution in [3.05, 3.63) is 29.3 Å². The zero-order valence-electron chi connectivity index (χ0n) is 16.6. The number of nitrogens with zero attached hydrogens (tertiary/aromatic N) is 2. The summed E-state index contributed by atoms with van der Waals surface area (Å²) in [5, 5.41) is 19.8. The van der Waals surface area contributed by atoms with Crippen LogP contribution in [0.1, 0.15) is 40.5 Å². The quantitative estimate of drug-likeness (QED) is 0.448. The number of aliphatic hydroxyl groups excluding tert-OH is 1. The molecule has 1 aromatic rings. The van der Waals surface area contributed by atoms with Crippen LogP contribution in [-0.4, -0.2) is 81.9 Å². The fourth-order valence-corrected chi connectivity index (χ4v) is 3.19. The van der Waals surface area contributed by atoms with Crippen molar-refractivity contribution < 1.29 is 34.2 Å². The maximum absolute atomic E-state index is 12.7. The molecule has 2 aliphatic heterocycles. The van der Waals surface area contributed by atoms with E-state index in [1.165, 1.54) is 6.92 Å². The van der Waals surface area contributed by atoms with E-state index in [0.29, 0.717) is 5.69 Å². The van der Waals surface area contributed by atoms with Gasteiger partial charge in [0.05, 0.1) is 24.3 Å². The van der Waals surface area contributed by atoms with Crippen LogP contribution in [0.25, 0.3) is 0 Å². The molecule has 2 atom stereocenters. The number of β-amino-alcohol motifs (C(OH)–C–C–N with tert-alkyl or cyclic N) is 1. The lowest BCUT2D eigenvalue weighted by molar-refractivity contribution is -0.152. The first-order chi connectivity index (χ1) is 14.1. The number of imide groups is 2. The highest BCUT2D eigenvalue weighted by Gasteiger charge is 2.47. The minimum absolute atomic E-state index is 0.0443. The van der Waals surface area contributed by atoms with Crippen LogP contribution in [0.4, 0.5) is 5.69 Å². The molecule has 0 spiro atoms. The summed E-state index contributed by atoms with van der Waals surface area (Å²) in [5.74, 6) is -3.08. The Kier molecular flexibility index (Phi) is 7.24. The minimum atomic E-state index is -1.02. The summed E-state index contributed by atoms with van der Waals surface area (Å²) in [6.45, 7) is 0.914. The number of hydrogen-bond acceptors (Lipinski definition) is 8. The van der Waals surface area contributed by atoms with Gasteiger partial charge in [0.2, 0.25) is 5.91 Å². The average molecular weight is 420 g/mol. The van der Waals surface area contributed by atoms with Crippen molar-refractivity contribution in [1.82, 2.24) is 9.80 Å². The smallest absolute Gasteiger partial charge is 0.320 e. The van der Waals surface area contributed by atoms with Gasteiger partial charge in [-0.1, -0.05) is 6.07 Å². The van der Waals surface area contributed by atoms with Crippen molar-refractivity contribution in [3.63, 3.8) is 0 Å². The molecule has 1 fully saturated rings. The summed E-state index contributed by atoms with van der Waals surface area (Å²) in [4.78, 5) is 61.2. The number of carboxylic acid groups (broad SMARTS) is 1. The number of carbonyl (C=O) groups excluding carboxylic acids is 4. The van der Waals surface area contributed by atoms with Crippen molar-refractivity contribution in [2.45, 2.75) is 31.8 Å². The number of anilines is 1. The number of rotatable bonds is 5. The first-order valence-electron chi connectivity index (χ1n) is 9.27. The van der Waals surface area contributed by atoms with Crippen molar-refractivity contribution in [2.24, 2.45) is 5.73 Å². The molecule has 0 aliphatic carbocycles. The number of aliphatic hydroxyl groups is 1. The van der Waals surface area contributed by atoms with Crippen molar-refractivity contribution in [3.8, 4) is 0 Å². The van der Waals surface area contributed by atoms with Gasteiger partial charge < -0.3 is 21.3 Å². The van der Waals surface area contributed by atoms with E-state index in [1.807, 2.05) is 0 Å². The van der Waals surface area contributed by atoms with E-state index in [2.05, 4.69) is 5.32 Å². The molecule has 1 unspecified atom stereocenters. The predicted molar refractivity (Wildman–Crippen MR) is 105 cm³/mol. The summed E-state index contributed by atoms with van der Waals surface area (Å²) in [6.07, 6.45) is 0.142. The Balaban J connectivity index is 0.000000469. The second-order valence-electron chi connectivity index (χ2n) is 6.75. The van der Waals surface area contributed by atoms with Crippen LogP contribution in [0, 0.1) is 0 Å². The predicted octanol–water partition coefficient (Wildman–Crippen LogP) is -0.748. The third kappa shape index (κ3) is 4.31. The number of fused-ring (bicyclic) bond motifs is 1. The molecule has 11 nitrogen and oxygen atoms in total. The molecular formula is C19H24N4O7. The molecule has 1 saturated heterocycles. The number of carbonyl (C=O) groups is 5. The number of hydrogen-bond donors (Lipinski definition) is 4. The first-order valence-corrected chi connectivity index (χ1v) is 9.27. The Morgan fingerprint density at radius 1 is 1.27 bits per heavy atom. The fourth-order valence-electron chi connectivity index (χ4n) is 3.19. The van der Waals surface area contributed by atoms with Crippen LogP contribution in [0.15, 0.2) is 18.2 Å². The highest BCUT2D eigenvalue weighted by molar-refractivity contribution is 6.25. The highest BCUT2D eigenvalue weighted by Crippen LogP contribution is 2.32. The Morgan fingerprint density at radius 3 is 2.43 bits per heavy atom. The van der Waals surface area contributed by atoms with Crippen molar-refractivity contribution >= 4 is 35.3 Å². The molecule has 2 heterocycles. The summed E-state index contributed by atoms with van der Waals surface area (Å²) >= 11 is 0. The van der Waals surface area contributed by atoms with Crippen LogP contribution < -0.4 is 11.1 Å². The van der Waals surface area contributed by atoms with E-state index >= 15 is 0 Å². The van der Waals surface area contributed by atoms with Crippen molar-refractivity contribution in [2.75, 3.05) is 25.5 Å². The maximum Gasteiger partial charge on any atom is 0.320 e. The van der Waals surface area contributed by atoms with Gasteiger partial charge in [-0.25, -0.2) is 0 Å². The third-order valence-electron chi connectivity index (χ3n) is 4.72. The van der Waals surface area contributed by atoms with Gasteiger partial charge in [-0.15, -0.1) is 0 Å².